The van der Waals surface area contributed by atoms with Crippen LogP contribution in [-0.2, 0) is 9.53 Å². The quantitative estimate of drug-likeness (QED) is 0.827. The summed E-state index contributed by atoms with van der Waals surface area (Å²) in [7, 11) is 1.59. The Morgan fingerprint density at radius 3 is 3.10 bits per heavy atom. The number of rotatable bonds is 6. The van der Waals surface area contributed by atoms with Crippen LogP contribution in [-0.4, -0.2) is 55.0 Å². The van der Waals surface area contributed by atoms with Gasteiger partial charge in [0.2, 0.25) is 5.91 Å². The number of nitrogens with zero attached hydrogens (tertiary/aromatic N) is 2. The molecular formula is C14H18FN3O3. The second-order valence-corrected chi connectivity index (χ2v) is 5.00. The molecular weight excluding hydrogens is 277 g/mol. The average molecular weight is 295 g/mol. The molecule has 1 atom stereocenters. The molecule has 6 nitrogen and oxygen atoms in total. The van der Waals surface area contributed by atoms with Crippen molar-refractivity contribution in [3.05, 3.63) is 29.8 Å². The van der Waals surface area contributed by atoms with Gasteiger partial charge in [0.25, 0.3) is 5.91 Å². The molecule has 0 saturated carbocycles. The molecule has 1 fully saturated rings. The predicted octanol–water partition coefficient (Wildman–Crippen LogP) is 0.445. The van der Waals surface area contributed by atoms with E-state index in [9.17, 15) is 14.0 Å². The molecule has 0 unspecified atom stereocenters. The lowest BCUT2D eigenvalue weighted by Gasteiger charge is -2.16. The van der Waals surface area contributed by atoms with Crippen LogP contribution in [0, 0.1) is 11.7 Å². The Morgan fingerprint density at radius 2 is 2.38 bits per heavy atom. The Bertz CT molecular complexity index is 524. The molecule has 114 valence electrons. The molecule has 0 radical (unpaired) electrons. The maximum atomic E-state index is 13.0. The molecule has 0 bridgehead atoms. The molecule has 1 aliphatic heterocycles. The molecule has 2 rings (SSSR count). The van der Waals surface area contributed by atoms with Gasteiger partial charge in [-0.1, -0.05) is 0 Å². The molecule has 2 amide bonds. The van der Waals surface area contributed by atoms with Crippen LogP contribution in [0.2, 0.25) is 0 Å². The van der Waals surface area contributed by atoms with Crippen LogP contribution in [0.15, 0.2) is 18.5 Å². The van der Waals surface area contributed by atoms with Crippen LogP contribution < -0.4 is 5.32 Å². The number of amides is 2. The Morgan fingerprint density at radius 1 is 1.57 bits per heavy atom. The van der Waals surface area contributed by atoms with Gasteiger partial charge >= 0.3 is 0 Å². The van der Waals surface area contributed by atoms with E-state index in [4.69, 9.17) is 4.74 Å². The minimum absolute atomic E-state index is 0.0683. The summed E-state index contributed by atoms with van der Waals surface area (Å²) in [6.07, 6.45) is 2.76. The first-order chi connectivity index (χ1) is 10.1. The van der Waals surface area contributed by atoms with Gasteiger partial charge in [-0.25, -0.2) is 4.39 Å². The van der Waals surface area contributed by atoms with Crippen molar-refractivity contribution >= 4 is 11.8 Å². The molecule has 7 heteroatoms. The van der Waals surface area contributed by atoms with Crippen molar-refractivity contribution < 1.29 is 18.7 Å². The number of carbonyl (C=O) groups excluding carboxylic acids is 2. The number of pyridine rings is 1. The number of aromatic nitrogens is 1. The summed E-state index contributed by atoms with van der Waals surface area (Å²) in [5, 5.41) is 2.71. The number of hydrogen-bond donors (Lipinski definition) is 1. The van der Waals surface area contributed by atoms with Crippen molar-refractivity contribution in [2.45, 2.75) is 6.42 Å². The highest BCUT2D eigenvalue weighted by molar-refractivity contribution is 5.93. The number of methoxy groups -OCH3 is 1. The van der Waals surface area contributed by atoms with Crippen LogP contribution in [0.3, 0.4) is 0 Å². The maximum Gasteiger partial charge on any atom is 0.252 e. The Hall–Kier alpha value is -2.02. The molecule has 0 aliphatic carbocycles. The van der Waals surface area contributed by atoms with E-state index in [1.165, 1.54) is 6.20 Å². The van der Waals surface area contributed by atoms with Crippen LogP contribution in [0.1, 0.15) is 16.8 Å². The first-order valence-corrected chi connectivity index (χ1v) is 6.75. The summed E-state index contributed by atoms with van der Waals surface area (Å²) in [6.45, 7) is 2.04. The third-order valence-corrected chi connectivity index (χ3v) is 3.38. The lowest BCUT2D eigenvalue weighted by atomic mass is 10.1. The fraction of sp³-hybridized carbons (Fsp3) is 0.500. The first kappa shape index (κ1) is 15.4. The molecule has 1 aliphatic rings. The van der Waals surface area contributed by atoms with Crippen molar-refractivity contribution in [3.8, 4) is 0 Å². The summed E-state index contributed by atoms with van der Waals surface area (Å²) in [6, 6.07) is 1.13. The molecule has 0 aromatic carbocycles. The summed E-state index contributed by atoms with van der Waals surface area (Å²) in [5.74, 6) is -0.798. The minimum Gasteiger partial charge on any atom is -0.383 e. The fourth-order valence-corrected chi connectivity index (χ4v) is 2.28. The van der Waals surface area contributed by atoms with Crippen LogP contribution in [0.25, 0.3) is 0 Å². The predicted molar refractivity (Wildman–Crippen MR) is 73.1 cm³/mol. The Kier molecular flexibility index (Phi) is 5.21. The highest BCUT2D eigenvalue weighted by atomic mass is 19.1. The van der Waals surface area contributed by atoms with Gasteiger partial charge in [0.15, 0.2) is 0 Å². The largest absolute Gasteiger partial charge is 0.383 e. The fourth-order valence-electron chi connectivity index (χ4n) is 2.28. The zero-order valence-corrected chi connectivity index (χ0v) is 11.8. The van der Waals surface area contributed by atoms with E-state index in [1.54, 1.807) is 12.0 Å². The normalized spacial score (nSPS) is 18.1. The molecule has 1 saturated heterocycles. The zero-order valence-electron chi connectivity index (χ0n) is 11.8. The van der Waals surface area contributed by atoms with E-state index in [-0.39, 0.29) is 23.3 Å². The number of nitrogens with one attached hydrogen (secondary N) is 1. The van der Waals surface area contributed by atoms with E-state index < -0.39 is 5.82 Å². The lowest BCUT2D eigenvalue weighted by Crippen LogP contribution is -2.32. The van der Waals surface area contributed by atoms with Gasteiger partial charge in [-0.2, -0.15) is 0 Å². The average Bonchev–Trinajstić information content (AvgIpc) is 2.83. The molecule has 1 aromatic heterocycles. The number of hydrogen-bond acceptors (Lipinski definition) is 4. The van der Waals surface area contributed by atoms with Crippen molar-refractivity contribution in [2.75, 3.05) is 33.4 Å². The van der Waals surface area contributed by atoms with Gasteiger partial charge in [-0.3, -0.25) is 14.6 Å². The van der Waals surface area contributed by atoms with Crippen LogP contribution in [0.4, 0.5) is 4.39 Å². The van der Waals surface area contributed by atoms with Crippen LogP contribution >= 0.6 is 0 Å². The summed E-state index contributed by atoms with van der Waals surface area (Å²) in [5.41, 5.74) is 0.176. The van der Waals surface area contributed by atoms with Gasteiger partial charge in [-0.15, -0.1) is 0 Å². The molecule has 21 heavy (non-hydrogen) atoms. The monoisotopic (exact) mass is 295 g/mol. The van der Waals surface area contributed by atoms with E-state index in [2.05, 4.69) is 10.3 Å². The van der Waals surface area contributed by atoms with E-state index in [0.717, 1.165) is 12.3 Å². The molecule has 1 aromatic rings. The van der Waals surface area contributed by atoms with Gasteiger partial charge in [-0.05, 0) is 6.07 Å². The minimum atomic E-state index is -0.551. The van der Waals surface area contributed by atoms with Gasteiger partial charge in [0, 0.05) is 45.3 Å². The van der Waals surface area contributed by atoms with Gasteiger partial charge in [0.05, 0.1) is 18.4 Å². The summed E-state index contributed by atoms with van der Waals surface area (Å²) in [4.78, 5) is 29.0. The van der Waals surface area contributed by atoms with E-state index in [0.29, 0.717) is 32.7 Å². The van der Waals surface area contributed by atoms with Crippen molar-refractivity contribution in [2.24, 2.45) is 5.92 Å². The van der Waals surface area contributed by atoms with Gasteiger partial charge in [0.1, 0.15) is 5.82 Å². The zero-order chi connectivity index (χ0) is 15.2. The Labute approximate surface area is 122 Å². The highest BCUT2D eigenvalue weighted by Crippen LogP contribution is 2.16. The lowest BCUT2D eigenvalue weighted by molar-refractivity contribution is -0.128. The van der Waals surface area contributed by atoms with Crippen molar-refractivity contribution in [1.29, 1.82) is 0 Å². The van der Waals surface area contributed by atoms with Crippen molar-refractivity contribution in [3.63, 3.8) is 0 Å². The summed E-state index contributed by atoms with van der Waals surface area (Å²) >= 11 is 0. The van der Waals surface area contributed by atoms with E-state index in [1.807, 2.05) is 0 Å². The smallest absolute Gasteiger partial charge is 0.252 e. The number of halogens is 1. The van der Waals surface area contributed by atoms with Crippen LogP contribution in [0.5, 0.6) is 0 Å². The SMILES string of the molecule is COCCN1C[C@@H](CNC(=O)c2cncc(F)c2)CC1=O. The number of carbonyl (C=O) groups is 2. The first-order valence-electron chi connectivity index (χ1n) is 6.75. The number of ether oxygens (including phenoxy) is 1. The Balaban J connectivity index is 1.81. The standard InChI is InChI=1S/C14H18FN3O3/c1-21-3-2-18-9-10(4-13(18)19)6-17-14(20)11-5-12(15)8-16-7-11/h5,7-8,10H,2-4,6,9H2,1H3,(H,17,20)/t10-/m1/s1. The summed E-state index contributed by atoms with van der Waals surface area (Å²) < 4.78 is 17.9. The highest BCUT2D eigenvalue weighted by Gasteiger charge is 2.29. The maximum absolute atomic E-state index is 13.0. The van der Waals surface area contributed by atoms with E-state index >= 15 is 0 Å². The number of likely N-dealkylation sites (tertiary alicyclic amines) is 1. The molecule has 1 N–H and O–H groups in total. The third kappa shape index (κ3) is 4.22. The second-order valence-electron chi connectivity index (χ2n) is 5.00. The second kappa shape index (κ2) is 7.12. The van der Waals surface area contributed by atoms with Crippen molar-refractivity contribution in [1.82, 2.24) is 15.2 Å². The third-order valence-electron chi connectivity index (χ3n) is 3.38. The molecule has 2 heterocycles. The topological polar surface area (TPSA) is 71.5 Å². The molecule has 0 spiro atoms. The van der Waals surface area contributed by atoms with Gasteiger partial charge < -0.3 is 15.0 Å².